The minimum absolute atomic E-state index is 0.158. The van der Waals surface area contributed by atoms with Gasteiger partial charge in [-0.1, -0.05) is 6.92 Å². The van der Waals surface area contributed by atoms with Crippen molar-refractivity contribution in [1.82, 2.24) is 0 Å². The molecule has 0 radical (unpaired) electrons. The molecule has 0 aromatic heterocycles. The lowest BCUT2D eigenvalue weighted by Crippen LogP contribution is -2.29. The van der Waals surface area contributed by atoms with Gasteiger partial charge in [0.05, 0.1) is 5.60 Å². The molecule has 0 unspecified atom stereocenters. The van der Waals surface area contributed by atoms with Crippen molar-refractivity contribution < 1.29 is 10.2 Å². The van der Waals surface area contributed by atoms with Gasteiger partial charge in [0.1, 0.15) is 0 Å². The standard InChI is InChI=1S/C7H16O2/c1-6(4-5-8)7(2,3)9/h6,8-9H,4-5H2,1-3H3/t6-/m0/s1. The molecule has 56 valence electrons. The van der Waals surface area contributed by atoms with Crippen LogP contribution >= 0.6 is 0 Å². The van der Waals surface area contributed by atoms with Gasteiger partial charge in [-0.2, -0.15) is 0 Å². The first-order valence-corrected chi connectivity index (χ1v) is 3.31. The molecule has 2 N–H and O–H groups in total. The third-order valence-electron chi connectivity index (χ3n) is 1.77. The Balaban J connectivity index is 3.59. The number of hydrogen-bond donors (Lipinski definition) is 2. The van der Waals surface area contributed by atoms with Crippen LogP contribution in [0.3, 0.4) is 0 Å². The number of aliphatic hydroxyl groups is 2. The fourth-order valence-corrected chi connectivity index (χ4v) is 0.547. The first-order chi connectivity index (χ1) is 3.98. The zero-order chi connectivity index (χ0) is 7.49. The smallest absolute Gasteiger partial charge is 0.0618 e. The fourth-order valence-electron chi connectivity index (χ4n) is 0.547. The minimum Gasteiger partial charge on any atom is -0.396 e. The molecular formula is C7H16O2. The van der Waals surface area contributed by atoms with E-state index >= 15 is 0 Å². The molecule has 0 aliphatic heterocycles. The SMILES string of the molecule is C[C@@H](CCO)C(C)(C)O. The van der Waals surface area contributed by atoms with Crippen molar-refractivity contribution in [3.63, 3.8) is 0 Å². The maximum Gasteiger partial charge on any atom is 0.0618 e. The van der Waals surface area contributed by atoms with Crippen LogP contribution < -0.4 is 0 Å². The Bertz CT molecular complexity index is 73.5. The van der Waals surface area contributed by atoms with Gasteiger partial charge in [0.15, 0.2) is 0 Å². The van der Waals surface area contributed by atoms with Crippen LogP contribution in [0.15, 0.2) is 0 Å². The van der Waals surface area contributed by atoms with Crippen molar-refractivity contribution in [1.29, 1.82) is 0 Å². The number of hydrogen-bond acceptors (Lipinski definition) is 2. The van der Waals surface area contributed by atoms with E-state index in [2.05, 4.69) is 0 Å². The van der Waals surface area contributed by atoms with E-state index in [0.717, 1.165) is 0 Å². The molecule has 0 saturated carbocycles. The Labute approximate surface area is 56.5 Å². The molecule has 9 heavy (non-hydrogen) atoms. The van der Waals surface area contributed by atoms with Crippen LogP contribution in [-0.4, -0.2) is 22.4 Å². The molecule has 0 aliphatic carbocycles. The number of rotatable bonds is 3. The topological polar surface area (TPSA) is 40.5 Å². The molecule has 0 saturated heterocycles. The molecule has 0 spiro atoms. The van der Waals surface area contributed by atoms with Crippen molar-refractivity contribution in [2.45, 2.75) is 32.8 Å². The summed E-state index contributed by atoms with van der Waals surface area (Å²) in [6.45, 7) is 5.60. The third-order valence-corrected chi connectivity index (χ3v) is 1.77. The Morgan fingerprint density at radius 3 is 2.00 bits per heavy atom. The van der Waals surface area contributed by atoms with Gasteiger partial charge in [0, 0.05) is 6.61 Å². The molecule has 1 atom stereocenters. The van der Waals surface area contributed by atoms with Gasteiger partial charge in [-0.15, -0.1) is 0 Å². The van der Waals surface area contributed by atoms with Crippen molar-refractivity contribution >= 4 is 0 Å². The molecule has 0 fully saturated rings. The normalized spacial score (nSPS) is 15.7. The molecule has 0 aromatic rings. The first-order valence-electron chi connectivity index (χ1n) is 3.31. The average Bonchev–Trinajstić information content (AvgIpc) is 1.64. The Kier molecular flexibility index (Phi) is 3.15. The highest BCUT2D eigenvalue weighted by Crippen LogP contribution is 2.17. The van der Waals surface area contributed by atoms with Crippen molar-refractivity contribution in [2.75, 3.05) is 6.61 Å². The Morgan fingerprint density at radius 1 is 1.44 bits per heavy atom. The van der Waals surface area contributed by atoms with Gasteiger partial charge in [-0.25, -0.2) is 0 Å². The third kappa shape index (κ3) is 3.49. The van der Waals surface area contributed by atoms with E-state index in [9.17, 15) is 5.11 Å². The van der Waals surface area contributed by atoms with Crippen LogP contribution in [0.2, 0.25) is 0 Å². The lowest BCUT2D eigenvalue weighted by molar-refractivity contribution is 0.0145. The fraction of sp³-hybridized carbons (Fsp3) is 1.00. The van der Waals surface area contributed by atoms with Crippen molar-refractivity contribution in [2.24, 2.45) is 5.92 Å². The van der Waals surface area contributed by atoms with Crippen molar-refractivity contribution in [3.05, 3.63) is 0 Å². The van der Waals surface area contributed by atoms with Crippen LogP contribution in [0.5, 0.6) is 0 Å². The van der Waals surface area contributed by atoms with Gasteiger partial charge in [-0.3, -0.25) is 0 Å². The molecule has 0 aliphatic rings. The summed E-state index contributed by atoms with van der Waals surface area (Å²) in [6, 6.07) is 0. The van der Waals surface area contributed by atoms with E-state index in [1.165, 1.54) is 0 Å². The highest BCUT2D eigenvalue weighted by atomic mass is 16.3. The second kappa shape index (κ2) is 3.18. The second-order valence-electron chi connectivity index (χ2n) is 3.07. The van der Waals surface area contributed by atoms with E-state index < -0.39 is 5.60 Å². The van der Waals surface area contributed by atoms with E-state index in [1.807, 2.05) is 6.92 Å². The second-order valence-corrected chi connectivity index (χ2v) is 3.07. The molecule has 0 rings (SSSR count). The average molecular weight is 132 g/mol. The first kappa shape index (κ1) is 8.92. The van der Waals surface area contributed by atoms with Gasteiger partial charge < -0.3 is 10.2 Å². The Hall–Kier alpha value is -0.0800. The maximum absolute atomic E-state index is 9.31. The number of aliphatic hydroxyl groups excluding tert-OH is 1. The summed E-state index contributed by atoms with van der Waals surface area (Å²) < 4.78 is 0. The molecule has 0 aromatic carbocycles. The van der Waals surface area contributed by atoms with E-state index in [-0.39, 0.29) is 12.5 Å². The van der Waals surface area contributed by atoms with Crippen LogP contribution in [0, 0.1) is 5.92 Å². The van der Waals surface area contributed by atoms with Crippen LogP contribution in [0.4, 0.5) is 0 Å². The lowest BCUT2D eigenvalue weighted by Gasteiger charge is -2.24. The summed E-state index contributed by atoms with van der Waals surface area (Å²) in [5.74, 6) is 0.169. The molecular weight excluding hydrogens is 116 g/mol. The molecule has 0 heterocycles. The van der Waals surface area contributed by atoms with E-state index in [0.29, 0.717) is 6.42 Å². The minimum atomic E-state index is -0.650. The van der Waals surface area contributed by atoms with Crippen LogP contribution in [0.1, 0.15) is 27.2 Å². The molecule has 2 nitrogen and oxygen atoms in total. The molecule has 0 bridgehead atoms. The van der Waals surface area contributed by atoms with Gasteiger partial charge in [-0.05, 0) is 26.2 Å². The highest BCUT2D eigenvalue weighted by molar-refractivity contribution is 4.72. The maximum atomic E-state index is 9.31. The van der Waals surface area contributed by atoms with E-state index in [1.54, 1.807) is 13.8 Å². The zero-order valence-corrected chi connectivity index (χ0v) is 6.39. The Morgan fingerprint density at radius 2 is 1.89 bits per heavy atom. The zero-order valence-electron chi connectivity index (χ0n) is 6.39. The molecule has 0 amide bonds. The van der Waals surface area contributed by atoms with E-state index in [4.69, 9.17) is 5.11 Å². The monoisotopic (exact) mass is 132 g/mol. The highest BCUT2D eigenvalue weighted by Gasteiger charge is 2.20. The lowest BCUT2D eigenvalue weighted by atomic mass is 9.90. The molecule has 2 heteroatoms. The van der Waals surface area contributed by atoms with Gasteiger partial charge in [0.2, 0.25) is 0 Å². The summed E-state index contributed by atoms with van der Waals surface area (Å²) in [4.78, 5) is 0. The van der Waals surface area contributed by atoms with Crippen molar-refractivity contribution in [3.8, 4) is 0 Å². The predicted molar refractivity (Wildman–Crippen MR) is 37.2 cm³/mol. The summed E-state index contributed by atoms with van der Waals surface area (Å²) in [5, 5.41) is 17.8. The summed E-state index contributed by atoms with van der Waals surface area (Å²) in [6.07, 6.45) is 0.670. The van der Waals surface area contributed by atoms with Gasteiger partial charge >= 0.3 is 0 Å². The largest absolute Gasteiger partial charge is 0.396 e. The van der Waals surface area contributed by atoms with Crippen LogP contribution in [0.25, 0.3) is 0 Å². The summed E-state index contributed by atoms with van der Waals surface area (Å²) in [7, 11) is 0. The quantitative estimate of drug-likeness (QED) is 0.595. The summed E-state index contributed by atoms with van der Waals surface area (Å²) in [5.41, 5.74) is -0.650. The summed E-state index contributed by atoms with van der Waals surface area (Å²) >= 11 is 0. The van der Waals surface area contributed by atoms with Crippen LogP contribution in [-0.2, 0) is 0 Å². The van der Waals surface area contributed by atoms with Gasteiger partial charge in [0.25, 0.3) is 0 Å². The predicted octanol–water partition coefficient (Wildman–Crippen LogP) is 0.776.